The number of carbonyl (C=O) groups excluding carboxylic acids is 1. The second kappa shape index (κ2) is 7.93. The Kier molecular flexibility index (Phi) is 5.43. The summed E-state index contributed by atoms with van der Waals surface area (Å²) in [5.74, 6) is -0.169. The van der Waals surface area contributed by atoms with E-state index >= 15 is 0 Å². The Bertz CT molecular complexity index is 697. The van der Waals surface area contributed by atoms with Gasteiger partial charge in [0.2, 0.25) is 0 Å². The fourth-order valence-electron chi connectivity index (χ4n) is 2.80. The molecule has 1 saturated heterocycles. The lowest BCUT2D eigenvalue weighted by atomic mass is 10.1. The molecule has 0 bridgehead atoms. The van der Waals surface area contributed by atoms with E-state index in [9.17, 15) is 4.79 Å². The third-order valence-corrected chi connectivity index (χ3v) is 4.09. The zero-order valence-corrected chi connectivity index (χ0v) is 13.9. The van der Waals surface area contributed by atoms with Gasteiger partial charge in [-0.25, -0.2) is 0 Å². The van der Waals surface area contributed by atoms with Gasteiger partial charge in [0, 0.05) is 31.6 Å². The van der Waals surface area contributed by atoms with Gasteiger partial charge in [-0.3, -0.25) is 9.78 Å². The summed E-state index contributed by atoms with van der Waals surface area (Å²) in [5, 5.41) is 6.23. The molecule has 2 heterocycles. The van der Waals surface area contributed by atoms with Gasteiger partial charge >= 0.3 is 0 Å². The van der Waals surface area contributed by atoms with Crippen molar-refractivity contribution in [2.24, 2.45) is 0 Å². The second-order valence-electron chi connectivity index (χ2n) is 6.12. The summed E-state index contributed by atoms with van der Waals surface area (Å²) in [4.78, 5) is 16.5. The van der Waals surface area contributed by atoms with Crippen molar-refractivity contribution >= 4 is 11.6 Å². The van der Waals surface area contributed by atoms with Gasteiger partial charge in [0.05, 0.1) is 6.10 Å². The van der Waals surface area contributed by atoms with Gasteiger partial charge < -0.3 is 15.4 Å². The molecule has 1 amide bonds. The van der Waals surface area contributed by atoms with Crippen LogP contribution in [-0.4, -0.2) is 30.1 Å². The van der Waals surface area contributed by atoms with Crippen molar-refractivity contribution in [3.05, 3.63) is 59.4 Å². The fourth-order valence-corrected chi connectivity index (χ4v) is 2.80. The molecule has 1 aromatic carbocycles. The Balaban J connectivity index is 1.55. The Labute approximate surface area is 142 Å². The molecule has 2 aromatic rings. The van der Waals surface area contributed by atoms with Crippen molar-refractivity contribution in [3.63, 3.8) is 0 Å². The van der Waals surface area contributed by atoms with Crippen LogP contribution in [0.2, 0.25) is 0 Å². The summed E-state index contributed by atoms with van der Waals surface area (Å²) in [6, 6.07) is 11.7. The van der Waals surface area contributed by atoms with Gasteiger partial charge in [0.25, 0.3) is 5.91 Å². The predicted octanol–water partition coefficient (Wildman–Crippen LogP) is 2.91. The SMILES string of the molecule is Cc1cccc(CNC(=O)c2cc(NCC3CCCO3)ccn2)c1. The zero-order chi connectivity index (χ0) is 16.8. The van der Waals surface area contributed by atoms with Crippen molar-refractivity contribution in [2.75, 3.05) is 18.5 Å². The number of anilines is 1. The number of nitrogens with zero attached hydrogens (tertiary/aromatic N) is 1. The number of rotatable bonds is 6. The van der Waals surface area contributed by atoms with Crippen molar-refractivity contribution in [3.8, 4) is 0 Å². The Hall–Kier alpha value is -2.40. The number of aryl methyl sites for hydroxylation is 1. The standard InChI is InChI=1S/C19H23N3O2/c1-14-4-2-5-15(10-14)12-22-19(23)18-11-16(7-8-20-18)21-13-17-6-3-9-24-17/h2,4-5,7-8,10-11,17H,3,6,9,12-13H2,1H3,(H,20,21)(H,22,23). The van der Waals surface area contributed by atoms with Gasteiger partial charge in [0.15, 0.2) is 0 Å². The van der Waals surface area contributed by atoms with Gasteiger partial charge in [-0.05, 0) is 37.5 Å². The average molecular weight is 325 g/mol. The number of amides is 1. The molecule has 2 N–H and O–H groups in total. The lowest BCUT2D eigenvalue weighted by Crippen LogP contribution is -2.24. The first-order valence-corrected chi connectivity index (χ1v) is 8.36. The monoisotopic (exact) mass is 325 g/mol. The quantitative estimate of drug-likeness (QED) is 0.857. The Morgan fingerprint density at radius 3 is 3.04 bits per heavy atom. The molecule has 0 saturated carbocycles. The van der Waals surface area contributed by atoms with Crippen molar-refractivity contribution in [1.29, 1.82) is 0 Å². The number of carbonyl (C=O) groups is 1. The molecular weight excluding hydrogens is 302 g/mol. The van der Waals surface area contributed by atoms with Crippen LogP contribution in [0, 0.1) is 6.92 Å². The third kappa shape index (κ3) is 4.55. The van der Waals surface area contributed by atoms with E-state index in [0.29, 0.717) is 12.2 Å². The zero-order valence-electron chi connectivity index (χ0n) is 13.9. The van der Waals surface area contributed by atoms with Crippen LogP contribution < -0.4 is 10.6 Å². The highest BCUT2D eigenvalue weighted by molar-refractivity contribution is 5.93. The minimum Gasteiger partial charge on any atom is -0.382 e. The Morgan fingerprint density at radius 1 is 1.33 bits per heavy atom. The number of hydrogen-bond acceptors (Lipinski definition) is 4. The van der Waals surface area contributed by atoms with E-state index in [2.05, 4.69) is 21.7 Å². The highest BCUT2D eigenvalue weighted by Gasteiger charge is 2.15. The van der Waals surface area contributed by atoms with E-state index < -0.39 is 0 Å². The number of benzene rings is 1. The predicted molar refractivity (Wildman–Crippen MR) is 94.0 cm³/mol. The highest BCUT2D eigenvalue weighted by atomic mass is 16.5. The van der Waals surface area contributed by atoms with Crippen molar-refractivity contribution in [1.82, 2.24) is 10.3 Å². The number of pyridine rings is 1. The van der Waals surface area contributed by atoms with Gasteiger partial charge in [-0.15, -0.1) is 0 Å². The summed E-state index contributed by atoms with van der Waals surface area (Å²) in [6.07, 6.45) is 4.12. The Morgan fingerprint density at radius 2 is 2.25 bits per heavy atom. The van der Waals surface area contributed by atoms with Gasteiger partial charge in [-0.2, -0.15) is 0 Å². The lowest BCUT2D eigenvalue weighted by Gasteiger charge is -2.12. The van der Waals surface area contributed by atoms with Crippen LogP contribution >= 0.6 is 0 Å². The van der Waals surface area contributed by atoms with Crippen LogP contribution in [-0.2, 0) is 11.3 Å². The molecule has 1 fully saturated rings. The van der Waals surface area contributed by atoms with Crippen LogP contribution in [0.3, 0.4) is 0 Å². The van der Waals surface area contributed by atoms with E-state index in [4.69, 9.17) is 4.74 Å². The van der Waals surface area contributed by atoms with Crippen molar-refractivity contribution in [2.45, 2.75) is 32.4 Å². The molecule has 5 heteroatoms. The summed E-state index contributed by atoms with van der Waals surface area (Å²) >= 11 is 0. The second-order valence-corrected chi connectivity index (χ2v) is 6.12. The molecule has 0 spiro atoms. The fraction of sp³-hybridized carbons (Fsp3) is 0.368. The molecule has 0 aliphatic carbocycles. The largest absolute Gasteiger partial charge is 0.382 e. The molecule has 3 rings (SSSR count). The molecule has 126 valence electrons. The van der Waals surface area contributed by atoms with Crippen LogP contribution in [0.25, 0.3) is 0 Å². The molecule has 1 unspecified atom stereocenters. The van der Waals surface area contributed by atoms with E-state index in [-0.39, 0.29) is 12.0 Å². The van der Waals surface area contributed by atoms with E-state index in [1.807, 2.05) is 31.2 Å². The number of hydrogen-bond donors (Lipinski definition) is 2. The number of nitrogens with one attached hydrogen (secondary N) is 2. The molecular formula is C19H23N3O2. The first-order valence-electron chi connectivity index (χ1n) is 8.36. The lowest BCUT2D eigenvalue weighted by molar-refractivity contribution is 0.0946. The molecule has 1 aliphatic heterocycles. The van der Waals surface area contributed by atoms with Crippen LogP contribution in [0.4, 0.5) is 5.69 Å². The first-order chi connectivity index (χ1) is 11.7. The highest BCUT2D eigenvalue weighted by Crippen LogP contribution is 2.14. The molecule has 1 atom stereocenters. The van der Waals surface area contributed by atoms with Gasteiger partial charge in [-0.1, -0.05) is 29.8 Å². The number of ether oxygens (including phenoxy) is 1. The molecule has 0 radical (unpaired) electrons. The summed E-state index contributed by atoms with van der Waals surface area (Å²) in [7, 11) is 0. The van der Waals surface area contributed by atoms with Crippen LogP contribution in [0.5, 0.6) is 0 Å². The van der Waals surface area contributed by atoms with Crippen LogP contribution in [0.1, 0.15) is 34.5 Å². The van der Waals surface area contributed by atoms with Crippen LogP contribution in [0.15, 0.2) is 42.6 Å². The van der Waals surface area contributed by atoms with Gasteiger partial charge in [0.1, 0.15) is 5.69 Å². The molecule has 24 heavy (non-hydrogen) atoms. The normalized spacial score (nSPS) is 16.8. The average Bonchev–Trinajstić information content (AvgIpc) is 3.12. The third-order valence-electron chi connectivity index (χ3n) is 4.09. The van der Waals surface area contributed by atoms with E-state index in [0.717, 1.165) is 37.2 Å². The first kappa shape index (κ1) is 16.5. The summed E-state index contributed by atoms with van der Waals surface area (Å²) < 4.78 is 5.59. The minimum absolute atomic E-state index is 0.169. The molecule has 5 nitrogen and oxygen atoms in total. The summed E-state index contributed by atoms with van der Waals surface area (Å²) in [5.41, 5.74) is 3.57. The number of aromatic nitrogens is 1. The minimum atomic E-state index is -0.169. The maximum absolute atomic E-state index is 12.3. The van der Waals surface area contributed by atoms with E-state index in [1.165, 1.54) is 5.56 Å². The summed E-state index contributed by atoms with van der Waals surface area (Å²) in [6.45, 7) is 4.13. The maximum atomic E-state index is 12.3. The topological polar surface area (TPSA) is 63.2 Å². The van der Waals surface area contributed by atoms with E-state index in [1.54, 1.807) is 12.3 Å². The smallest absolute Gasteiger partial charge is 0.270 e. The molecule has 1 aromatic heterocycles. The van der Waals surface area contributed by atoms with Crippen molar-refractivity contribution < 1.29 is 9.53 Å². The maximum Gasteiger partial charge on any atom is 0.270 e. The molecule has 1 aliphatic rings.